The van der Waals surface area contributed by atoms with Crippen molar-refractivity contribution in [3.8, 4) is 0 Å². The summed E-state index contributed by atoms with van der Waals surface area (Å²) in [6.45, 7) is 12.4. The van der Waals surface area contributed by atoms with Crippen LogP contribution in [0.2, 0.25) is 0 Å². The molecular formula is C20H26N6O2. The Bertz CT molecular complexity index is 1020. The molecule has 0 aliphatic carbocycles. The standard InChI is InChI=1S/C20H26N6O2/c1-12(2)10-25-5-6-26-16(11-25)8-15(23-26)9-21-19(27)17-7-13(3)22-20-18(17)14(4)24-28-20/h7-8,12H,5-6,9-11H2,1-4H3,(H,21,27). The van der Waals surface area contributed by atoms with Crippen LogP contribution in [0.15, 0.2) is 16.7 Å². The lowest BCUT2D eigenvalue weighted by Gasteiger charge is -2.28. The molecule has 4 heterocycles. The molecule has 8 heteroatoms. The van der Waals surface area contributed by atoms with Gasteiger partial charge in [0, 0.05) is 25.3 Å². The van der Waals surface area contributed by atoms with Crippen molar-refractivity contribution in [2.45, 2.75) is 47.3 Å². The third-order valence-corrected chi connectivity index (χ3v) is 4.97. The molecule has 0 bridgehead atoms. The Morgan fingerprint density at radius 3 is 2.89 bits per heavy atom. The molecule has 0 saturated carbocycles. The van der Waals surface area contributed by atoms with Gasteiger partial charge in [0.15, 0.2) is 0 Å². The molecular weight excluding hydrogens is 356 g/mol. The molecule has 3 aromatic heterocycles. The fraction of sp³-hybridized carbons (Fsp3) is 0.500. The van der Waals surface area contributed by atoms with E-state index in [2.05, 4.69) is 50.1 Å². The lowest BCUT2D eigenvalue weighted by Crippen LogP contribution is -2.36. The molecule has 0 atom stereocenters. The maximum atomic E-state index is 12.8. The molecule has 4 rings (SSSR count). The Hall–Kier alpha value is -2.74. The summed E-state index contributed by atoms with van der Waals surface area (Å²) in [5, 5.41) is 12.2. The summed E-state index contributed by atoms with van der Waals surface area (Å²) in [5.74, 6) is 0.476. The maximum Gasteiger partial charge on any atom is 0.258 e. The number of hydrogen-bond donors (Lipinski definition) is 1. The van der Waals surface area contributed by atoms with Gasteiger partial charge in [-0.3, -0.25) is 14.4 Å². The summed E-state index contributed by atoms with van der Waals surface area (Å²) in [4.78, 5) is 19.6. The summed E-state index contributed by atoms with van der Waals surface area (Å²) in [6.07, 6.45) is 0. The highest BCUT2D eigenvalue weighted by Crippen LogP contribution is 2.22. The smallest absolute Gasteiger partial charge is 0.258 e. The monoisotopic (exact) mass is 382 g/mol. The zero-order chi connectivity index (χ0) is 19.8. The van der Waals surface area contributed by atoms with Crippen LogP contribution in [0, 0.1) is 19.8 Å². The van der Waals surface area contributed by atoms with Crippen molar-refractivity contribution < 1.29 is 9.32 Å². The Kier molecular flexibility index (Phi) is 4.89. The van der Waals surface area contributed by atoms with E-state index in [0.29, 0.717) is 34.8 Å². The van der Waals surface area contributed by atoms with Crippen LogP contribution in [0.25, 0.3) is 11.1 Å². The topological polar surface area (TPSA) is 89.1 Å². The fourth-order valence-electron chi connectivity index (χ4n) is 3.80. The molecule has 0 aromatic carbocycles. The van der Waals surface area contributed by atoms with Gasteiger partial charge in [-0.25, -0.2) is 4.98 Å². The molecule has 0 fully saturated rings. The van der Waals surface area contributed by atoms with Crippen molar-refractivity contribution >= 4 is 17.0 Å². The first kappa shape index (κ1) is 18.6. The van der Waals surface area contributed by atoms with Gasteiger partial charge in [-0.05, 0) is 31.9 Å². The number of nitrogens with one attached hydrogen (secondary N) is 1. The van der Waals surface area contributed by atoms with Crippen molar-refractivity contribution in [2.24, 2.45) is 5.92 Å². The molecule has 8 nitrogen and oxygen atoms in total. The van der Waals surface area contributed by atoms with Gasteiger partial charge < -0.3 is 9.84 Å². The minimum Gasteiger partial charge on any atom is -0.346 e. The molecule has 1 amide bonds. The van der Waals surface area contributed by atoms with Gasteiger partial charge in [0.25, 0.3) is 11.6 Å². The number of carbonyl (C=O) groups is 1. The van der Waals surface area contributed by atoms with Crippen LogP contribution in [-0.2, 0) is 19.6 Å². The predicted octanol–water partition coefficient (Wildman–Crippen LogP) is 2.44. The summed E-state index contributed by atoms with van der Waals surface area (Å²) >= 11 is 0. The normalized spacial score (nSPS) is 14.6. The van der Waals surface area contributed by atoms with Crippen LogP contribution in [0.5, 0.6) is 0 Å². The molecule has 1 aliphatic rings. The number of amides is 1. The van der Waals surface area contributed by atoms with E-state index in [-0.39, 0.29) is 5.91 Å². The largest absolute Gasteiger partial charge is 0.346 e. The van der Waals surface area contributed by atoms with Crippen molar-refractivity contribution in [1.82, 2.24) is 30.1 Å². The minimum absolute atomic E-state index is 0.172. The SMILES string of the molecule is Cc1cc(C(=O)NCc2cc3n(n2)CCN(CC(C)C)C3)c2c(C)noc2n1. The first-order chi connectivity index (χ1) is 13.4. The molecule has 28 heavy (non-hydrogen) atoms. The maximum absolute atomic E-state index is 12.8. The first-order valence-electron chi connectivity index (χ1n) is 9.70. The predicted molar refractivity (Wildman–Crippen MR) is 105 cm³/mol. The number of aryl methyl sites for hydroxylation is 2. The molecule has 0 saturated heterocycles. The number of aromatic nitrogens is 4. The van der Waals surface area contributed by atoms with E-state index < -0.39 is 0 Å². The Morgan fingerprint density at radius 1 is 1.29 bits per heavy atom. The molecule has 148 valence electrons. The van der Waals surface area contributed by atoms with Gasteiger partial charge in [0.05, 0.1) is 41.1 Å². The lowest BCUT2D eigenvalue weighted by atomic mass is 10.1. The van der Waals surface area contributed by atoms with Crippen LogP contribution < -0.4 is 5.32 Å². The average molecular weight is 382 g/mol. The highest BCUT2D eigenvalue weighted by molar-refractivity contribution is 6.05. The zero-order valence-electron chi connectivity index (χ0n) is 16.8. The molecule has 0 unspecified atom stereocenters. The van der Waals surface area contributed by atoms with Crippen LogP contribution in [-0.4, -0.2) is 43.8 Å². The first-order valence-corrected chi connectivity index (χ1v) is 9.70. The van der Waals surface area contributed by atoms with Crippen LogP contribution >= 0.6 is 0 Å². The van der Waals surface area contributed by atoms with E-state index in [1.54, 1.807) is 6.07 Å². The number of hydrogen-bond acceptors (Lipinski definition) is 6. The van der Waals surface area contributed by atoms with Crippen molar-refractivity contribution in [3.63, 3.8) is 0 Å². The van der Waals surface area contributed by atoms with E-state index in [9.17, 15) is 4.79 Å². The van der Waals surface area contributed by atoms with Gasteiger partial charge in [0.2, 0.25) is 0 Å². The van der Waals surface area contributed by atoms with Gasteiger partial charge in [0.1, 0.15) is 0 Å². The van der Waals surface area contributed by atoms with E-state index in [0.717, 1.165) is 37.6 Å². The van der Waals surface area contributed by atoms with E-state index in [4.69, 9.17) is 4.52 Å². The molecule has 3 aromatic rings. The van der Waals surface area contributed by atoms with Gasteiger partial charge in [-0.2, -0.15) is 5.10 Å². The Labute approximate surface area is 163 Å². The third-order valence-electron chi connectivity index (χ3n) is 4.97. The number of nitrogens with zero attached hydrogens (tertiary/aromatic N) is 5. The second kappa shape index (κ2) is 7.35. The fourth-order valence-corrected chi connectivity index (χ4v) is 3.80. The van der Waals surface area contributed by atoms with Crippen molar-refractivity contribution in [3.05, 3.63) is 40.5 Å². The Balaban J connectivity index is 1.47. The van der Waals surface area contributed by atoms with E-state index in [1.165, 1.54) is 5.69 Å². The van der Waals surface area contributed by atoms with Crippen LogP contribution in [0.4, 0.5) is 0 Å². The quantitative estimate of drug-likeness (QED) is 0.729. The molecule has 1 N–H and O–H groups in total. The number of carbonyl (C=O) groups excluding carboxylic acids is 1. The molecule has 0 spiro atoms. The van der Waals surface area contributed by atoms with E-state index in [1.807, 2.05) is 13.8 Å². The Morgan fingerprint density at radius 2 is 2.11 bits per heavy atom. The average Bonchev–Trinajstić information content (AvgIpc) is 3.21. The van der Waals surface area contributed by atoms with Gasteiger partial charge in [-0.1, -0.05) is 19.0 Å². The van der Waals surface area contributed by atoms with Crippen molar-refractivity contribution in [1.29, 1.82) is 0 Å². The van der Waals surface area contributed by atoms with E-state index >= 15 is 0 Å². The second-order valence-electron chi connectivity index (χ2n) is 7.92. The van der Waals surface area contributed by atoms with Crippen LogP contribution in [0.1, 0.15) is 47.0 Å². The van der Waals surface area contributed by atoms with Gasteiger partial charge >= 0.3 is 0 Å². The lowest BCUT2D eigenvalue weighted by molar-refractivity contribution is 0.0951. The number of rotatable bonds is 5. The summed E-state index contributed by atoms with van der Waals surface area (Å²) in [6, 6.07) is 3.86. The highest BCUT2D eigenvalue weighted by atomic mass is 16.5. The summed E-state index contributed by atoms with van der Waals surface area (Å²) in [7, 11) is 0. The van der Waals surface area contributed by atoms with Crippen LogP contribution in [0.3, 0.4) is 0 Å². The van der Waals surface area contributed by atoms with Crippen molar-refractivity contribution in [2.75, 3.05) is 13.1 Å². The molecule has 0 radical (unpaired) electrons. The summed E-state index contributed by atoms with van der Waals surface area (Å²) < 4.78 is 7.27. The second-order valence-corrected chi connectivity index (χ2v) is 7.92. The summed E-state index contributed by atoms with van der Waals surface area (Å²) in [5.41, 5.74) is 4.39. The number of pyridine rings is 1. The molecule has 1 aliphatic heterocycles. The van der Waals surface area contributed by atoms with Gasteiger partial charge in [-0.15, -0.1) is 0 Å². The zero-order valence-corrected chi connectivity index (χ0v) is 16.8. The highest BCUT2D eigenvalue weighted by Gasteiger charge is 2.20. The third kappa shape index (κ3) is 3.64. The number of fused-ring (bicyclic) bond motifs is 2. The minimum atomic E-state index is -0.172.